The number of benzene rings is 2. The summed E-state index contributed by atoms with van der Waals surface area (Å²) in [6, 6.07) is 11.5. The van der Waals surface area contributed by atoms with E-state index in [-0.39, 0.29) is 23.2 Å². The van der Waals surface area contributed by atoms with Crippen LogP contribution in [0.25, 0.3) is 0 Å². The molecule has 0 aliphatic carbocycles. The lowest BCUT2D eigenvalue weighted by molar-refractivity contribution is -0.118. The molecule has 0 unspecified atom stereocenters. The van der Waals surface area contributed by atoms with Crippen molar-refractivity contribution in [2.75, 3.05) is 19.0 Å². The van der Waals surface area contributed by atoms with E-state index in [9.17, 15) is 13.2 Å². The molecule has 28 heavy (non-hydrogen) atoms. The Balaban J connectivity index is 2.10. The Kier molecular flexibility index (Phi) is 7.42. The van der Waals surface area contributed by atoms with Crippen molar-refractivity contribution in [3.8, 4) is 11.5 Å². The van der Waals surface area contributed by atoms with Crippen molar-refractivity contribution in [1.82, 2.24) is 4.72 Å². The lowest BCUT2D eigenvalue weighted by atomic mass is 10.2. The Morgan fingerprint density at radius 3 is 2.36 bits per heavy atom. The van der Waals surface area contributed by atoms with Gasteiger partial charge in [0.25, 0.3) is 5.91 Å². The highest BCUT2D eigenvalue weighted by atomic mass is 32.2. The molecule has 0 bridgehead atoms. The van der Waals surface area contributed by atoms with Gasteiger partial charge in [0.2, 0.25) is 10.0 Å². The van der Waals surface area contributed by atoms with E-state index < -0.39 is 15.9 Å². The SMILES string of the molecule is CCc1ccc(OCC(=O)Nc2cc(S(=O)(=O)NC(C)C)ccc2OC)cc1. The second kappa shape index (κ2) is 9.57. The minimum absolute atomic E-state index is 0.0355. The lowest BCUT2D eigenvalue weighted by Gasteiger charge is -2.14. The molecule has 0 fully saturated rings. The molecule has 0 radical (unpaired) electrons. The summed E-state index contributed by atoms with van der Waals surface area (Å²) < 4.78 is 37.9. The van der Waals surface area contributed by atoms with Gasteiger partial charge in [0, 0.05) is 6.04 Å². The molecule has 7 nitrogen and oxygen atoms in total. The highest BCUT2D eigenvalue weighted by Gasteiger charge is 2.18. The summed E-state index contributed by atoms with van der Waals surface area (Å²) in [4.78, 5) is 12.3. The fraction of sp³-hybridized carbons (Fsp3) is 0.350. The van der Waals surface area contributed by atoms with Gasteiger partial charge in [-0.05, 0) is 56.2 Å². The molecule has 2 aromatic carbocycles. The van der Waals surface area contributed by atoms with Gasteiger partial charge >= 0.3 is 0 Å². The zero-order valence-electron chi connectivity index (χ0n) is 16.5. The number of rotatable bonds is 9. The van der Waals surface area contributed by atoms with Gasteiger partial charge in [-0.1, -0.05) is 19.1 Å². The molecule has 2 rings (SSSR count). The van der Waals surface area contributed by atoms with Crippen molar-refractivity contribution in [2.24, 2.45) is 0 Å². The topological polar surface area (TPSA) is 93.7 Å². The van der Waals surface area contributed by atoms with E-state index in [1.54, 1.807) is 26.0 Å². The molecule has 0 saturated heterocycles. The Morgan fingerprint density at radius 1 is 1.11 bits per heavy atom. The molecular formula is C20H26N2O5S. The van der Waals surface area contributed by atoms with Gasteiger partial charge < -0.3 is 14.8 Å². The monoisotopic (exact) mass is 406 g/mol. The van der Waals surface area contributed by atoms with Crippen LogP contribution in [-0.4, -0.2) is 34.1 Å². The van der Waals surface area contributed by atoms with Crippen molar-refractivity contribution in [2.45, 2.75) is 38.1 Å². The van der Waals surface area contributed by atoms with Gasteiger partial charge in [-0.25, -0.2) is 13.1 Å². The maximum Gasteiger partial charge on any atom is 0.262 e. The molecule has 152 valence electrons. The molecule has 1 amide bonds. The number of ether oxygens (including phenoxy) is 2. The molecule has 0 atom stereocenters. The van der Waals surface area contributed by atoms with E-state index in [0.29, 0.717) is 11.5 Å². The number of carbonyl (C=O) groups excluding carboxylic acids is 1. The first-order valence-electron chi connectivity index (χ1n) is 8.97. The Labute approximate surface area is 166 Å². The average molecular weight is 407 g/mol. The smallest absolute Gasteiger partial charge is 0.262 e. The molecule has 2 aromatic rings. The van der Waals surface area contributed by atoms with Crippen LogP contribution in [-0.2, 0) is 21.2 Å². The van der Waals surface area contributed by atoms with E-state index in [4.69, 9.17) is 9.47 Å². The predicted octanol–water partition coefficient (Wildman–Crippen LogP) is 2.96. The second-order valence-electron chi connectivity index (χ2n) is 6.47. The zero-order valence-corrected chi connectivity index (χ0v) is 17.3. The quantitative estimate of drug-likeness (QED) is 0.668. The number of sulfonamides is 1. The summed E-state index contributed by atoms with van der Waals surface area (Å²) in [5.41, 5.74) is 1.43. The van der Waals surface area contributed by atoms with Crippen LogP contribution in [0, 0.1) is 0 Å². The Bertz CT molecular complexity index is 909. The van der Waals surface area contributed by atoms with Gasteiger partial charge in [0.15, 0.2) is 6.61 Å². The molecular weight excluding hydrogens is 380 g/mol. The van der Waals surface area contributed by atoms with Gasteiger partial charge in [-0.15, -0.1) is 0 Å². The lowest BCUT2D eigenvalue weighted by Crippen LogP contribution is -2.30. The van der Waals surface area contributed by atoms with Crippen LogP contribution in [0.3, 0.4) is 0 Å². The first kappa shape index (κ1) is 21.7. The minimum atomic E-state index is -3.69. The van der Waals surface area contributed by atoms with Crippen molar-refractivity contribution < 1.29 is 22.7 Å². The zero-order chi connectivity index (χ0) is 20.7. The van der Waals surface area contributed by atoms with Crippen LogP contribution in [0.5, 0.6) is 11.5 Å². The van der Waals surface area contributed by atoms with E-state index in [2.05, 4.69) is 17.0 Å². The molecule has 0 spiro atoms. The predicted molar refractivity (Wildman–Crippen MR) is 108 cm³/mol. The number of nitrogens with one attached hydrogen (secondary N) is 2. The molecule has 0 aliphatic heterocycles. The fourth-order valence-electron chi connectivity index (χ4n) is 2.49. The second-order valence-corrected chi connectivity index (χ2v) is 8.19. The van der Waals surface area contributed by atoms with Crippen LogP contribution < -0.4 is 19.5 Å². The van der Waals surface area contributed by atoms with Crippen LogP contribution >= 0.6 is 0 Å². The summed E-state index contributed by atoms with van der Waals surface area (Å²) in [7, 11) is -2.25. The van der Waals surface area contributed by atoms with Crippen molar-refractivity contribution in [1.29, 1.82) is 0 Å². The van der Waals surface area contributed by atoms with E-state index in [1.165, 1.54) is 30.9 Å². The summed E-state index contributed by atoms with van der Waals surface area (Å²) in [5.74, 6) is 0.505. The van der Waals surface area contributed by atoms with Gasteiger partial charge in [0.05, 0.1) is 17.7 Å². The van der Waals surface area contributed by atoms with Crippen molar-refractivity contribution >= 4 is 21.6 Å². The summed E-state index contributed by atoms with van der Waals surface area (Å²) in [6.07, 6.45) is 0.922. The Hall–Kier alpha value is -2.58. The third-order valence-electron chi connectivity index (χ3n) is 3.85. The van der Waals surface area contributed by atoms with E-state index in [1.807, 2.05) is 12.1 Å². The van der Waals surface area contributed by atoms with Gasteiger partial charge in [-0.3, -0.25) is 4.79 Å². The third-order valence-corrected chi connectivity index (χ3v) is 5.50. The molecule has 0 aromatic heterocycles. The summed E-state index contributed by atoms with van der Waals surface area (Å²) >= 11 is 0. The number of anilines is 1. The third kappa shape index (κ3) is 5.97. The summed E-state index contributed by atoms with van der Waals surface area (Å²) in [5, 5.41) is 2.64. The summed E-state index contributed by atoms with van der Waals surface area (Å²) in [6.45, 7) is 5.31. The largest absolute Gasteiger partial charge is 0.495 e. The number of amides is 1. The first-order valence-corrected chi connectivity index (χ1v) is 10.5. The average Bonchev–Trinajstić information content (AvgIpc) is 2.65. The van der Waals surface area contributed by atoms with E-state index in [0.717, 1.165) is 6.42 Å². The van der Waals surface area contributed by atoms with Gasteiger partial charge in [-0.2, -0.15) is 0 Å². The van der Waals surface area contributed by atoms with E-state index >= 15 is 0 Å². The highest BCUT2D eigenvalue weighted by Crippen LogP contribution is 2.27. The van der Waals surface area contributed by atoms with Crippen LogP contribution in [0.1, 0.15) is 26.3 Å². The number of hydrogen-bond acceptors (Lipinski definition) is 5. The molecule has 8 heteroatoms. The standard InChI is InChI=1S/C20H26N2O5S/c1-5-15-6-8-16(9-7-15)27-13-20(23)21-18-12-17(10-11-19(18)26-4)28(24,25)22-14(2)3/h6-12,14,22H,5,13H2,1-4H3,(H,21,23). The van der Waals surface area contributed by atoms with Crippen molar-refractivity contribution in [3.05, 3.63) is 48.0 Å². The number of carbonyl (C=O) groups is 1. The minimum Gasteiger partial charge on any atom is -0.495 e. The molecule has 0 heterocycles. The first-order chi connectivity index (χ1) is 13.2. The maximum atomic E-state index is 12.4. The van der Waals surface area contributed by atoms with Crippen LogP contribution in [0.15, 0.2) is 47.4 Å². The number of methoxy groups -OCH3 is 1. The van der Waals surface area contributed by atoms with Crippen LogP contribution in [0.2, 0.25) is 0 Å². The molecule has 0 aliphatic rings. The number of hydrogen-bond donors (Lipinski definition) is 2. The van der Waals surface area contributed by atoms with Crippen molar-refractivity contribution in [3.63, 3.8) is 0 Å². The fourth-order valence-corrected chi connectivity index (χ4v) is 3.76. The highest BCUT2D eigenvalue weighted by molar-refractivity contribution is 7.89. The maximum absolute atomic E-state index is 12.4. The van der Waals surface area contributed by atoms with Crippen LogP contribution in [0.4, 0.5) is 5.69 Å². The number of aryl methyl sites for hydroxylation is 1. The normalized spacial score (nSPS) is 11.3. The molecule has 2 N–H and O–H groups in total. The van der Waals surface area contributed by atoms with Gasteiger partial charge in [0.1, 0.15) is 11.5 Å². The molecule has 0 saturated carbocycles. The Morgan fingerprint density at radius 2 is 1.79 bits per heavy atom.